The number of nitrogens with zero attached hydrogens (tertiary/aromatic N) is 1. The van der Waals surface area contributed by atoms with E-state index >= 15 is 0 Å². The van der Waals surface area contributed by atoms with Crippen molar-refractivity contribution < 1.29 is 0 Å². The van der Waals surface area contributed by atoms with Crippen LogP contribution in [0.2, 0.25) is 0 Å². The topological polar surface area (TPSA) is 12.9 Å². The molecule has 1 nitrogen and oxygen atoms in total. The first-order chi connectivity index (χ1) is 5.47. The first kappa shape index (κ1) is 6.84. The quantitative estimate of drug-likeness (QED) is 0.595. The molecule has 1 aromatic heterocycles. The van der Waals surface area contributed by atoms with Gasteiger partial charge in [-0.25, -0.2) is 0 Å². The Labute approximate surface area is 67.5 Å². The van der Waals surface area contributed by atoms with Gasteiger partial charge in [0.05, 0.1) is 0 Å². The maximum Gasteiger partial charge on any atom is 0.0270 e. The Morgan fingerprint density at radius 2 is 1.73 bits per heavy atom. The molecule has 0 unspecified atom stereocenters. The Hall–Kier alpha value is -0.850. The summed E-state index contributed by atoms with van der Waals surface area (Å²) in [6.45, 7) is 0. The molecular weight excluding hydrogens is 134 g/mol. The lowest BCUT2D eigenvalue weighted by Gasteiger charge is -2.07. The molecule has 1 heteroatoms. The van der Waals surface area contributed by atoms with Gasteiger partial charge in [0.2, 0.25) is 0 Å². The van der Waals surface area contributed by atoms with E-state index in [1.807, 2.05) is 12.4 Å². The van der Waals surface area contributed by atoms with Crippen molar-refractivity contribution in [3.63, 3.8) is 0 Å². The Bertz CT molecular complexity index is 212. The highest BCUT2D eigenvalue weighted by molar-refractivity contribution is 5.16. The van der Waals surface area contributed by atoms with Gasteiger partial charge in [0.15, 0.2) is 0 Å². The molecule has 1 aliphatic rings. The molecule has 11 heavy (non-hydrogen) atoms. The lowest BCUT2D eigenvalue weighted by atomic mass is 9.99. The highest BCUT2D eigenvalue weighted by Crippen LogP contribution is 2.33. The molecule has 0 aliphatic heterocycles. The molecule has 0 bridgehead atoms. The molecule has 0 spiro atoms. The van der Waals surface area contributed by atoms with E-state index in [9.17, 15) is 0 Å². The van der Waals surface area contributed by atoms with Gasteiger partial charge in [-0.05, 0) is 36.5 Å². The monoisotopic (exact) mass is 147 g/mol. The van der Waals surface area contributed by atoms with Gasteiger partial charge >= 0.3 is 0 Å². The average Bonchev–Trinajstić information content (AvgIpc) is 2.58. The van der Waals surface area contributed by atoms with Crippen LogP contribution in [0.3, 0.4) is 0 Å². The zero-order valence-electron chi connectivity index (χ0n) is 6.66. The van der Waals surface area contributed by atoms with Crippen LogP contribution in [0.1, 0.15) is 37.2 Å². The van der Waals surface area contributed by atoms with Gasteiger partial charge in [-0.1, -0.05) is 12.8 Å². The molecule has 0 atom stereocenters. The van der Waals surface area contributed by atoms with Crippen LogP contribution in [-0.2, 0) is 0 Å². The van der Waals surface area contributed by atoms with E-state index in [2.05, 4.69) is 17.1 Å². The van der Waals surface area contributed by atoms with Crippen molar-refractivity contribution in [3.8, 4) is 0 Å². The number of hydrogen-bond acceptors (Lipinski definition) is 1. The minimum absolute atomic E-state index is 0.831. The van der Waals surface area contributed by atoms with Crippen LogP contribution >= 0.6 is 0 Å². The first-order valence-corrected chi connectivity index (χ1v) is 4.37. The lowest BCUT2D eigenvalue weighted by molar-refractivity contribution is 0.722. The normalized spacial score (nSPS) is 18.9. The maximum atomic E-state index is 4.02. The van der Waals surface area contributed by atoms with E-state index in [-0.39, 0.29) is 0 Å². The summed E-state index contributed by atoms with van der Waals surface area (Å²) >= 11 is 0. The van der Waals surface area contributed by atoms with E-state index in [1.54, 1.807) is 0 Å². The standard InChI is InChI=1S/C10H13N/c1-2-4-9(3-1)10-5-7-11-8-6-10/h5-9H,1-4H2. The van der Waals surface area contributed by atoms with Gasteiger partial charge in [-0.3, -0.25) is 4.98 Å². The second kappa shape index (κ2) is 3.04. The van der Waals surface area contributed by atoms with Crippen molar-refractivity contribution in [3.05, 3.63) is 30.1 Å². The van der Waals surface area contributed by atoms with Crippen molar-refractivity contribution >= 4 is 0 Å². The van der Waals surface area contributed by atoms with Gasteiger partial charge in [-0.2, -0.15) is 0 Å². The molecule has 1 heterocycles. The molecule has 1 saturated carbocycles. The van der Waals surface area contributed by atoms with Crippen LogP contribution in [0, 0.1) is 0 Å². The third-order valence-electron chi connectivity index (χ3n) is 2.53. The van der Waals surface area contributed by atoms with Gasteiger partial charge in [-0.15, -0.1) is 0 Å². The molecule has 2 rings (SSSR count). The van der Waals surface area contributed by atoms with Crippen LogP contribution < -0.4 is 0 Å². The second-order valence-electron chi connectivity index (χ2n) is 3.26. The highest BCUT2D eigenvalue weighted by Gasteiger charge is 2.15. The minimum Gasteiger partial charge on any atom is -0.265 e. The SMILES string of the molecule is c1cc(C2CCCC2)ccn1. The van der Waals surface area contributed by atoms with Crippen LogP contribution in [0.25, 0.3) is 0 Å². The van der Waals surface area contributed by atoms with E-state index in [0.29, 0.717) is 0 Å². The minimum atomic E-state index is 0.831. The molecule has 1 aromatic rings. The summed E-state index contributed by atoms with van der Waals surface area (Å²) in [5.41, 5.74) is 1.48. The fourth-order valence-electron chi connectivity index (χ4n) is 1.89. The van der Waals surface area contributed by atoms with Gasteiger partial charge in [0, 0.05) is 12.4 Å². The summed E-state index contributed by atoms with van der Waals surface area (Å²) in [5.74, 6) is 0.831. The molecular formula is C10H13N. The summed E-state index contributed by atoms with van der Waals surface area (Å²) in [6, 6.07) is 4.30. The van der Waals surface area contributed by atoms with E-state index < -0.39 is 0 Å². The molecule has 1 aliphatic carbocycles. The smallest absolute Gasteiger partial charge is 0.0270 e. The summed E-state index contributed by atoms with van der Waals surface area (Å²) in [6.07, 6.45) is 9.37. The molecule has 0 aromatic carbocycles. The van der Waals surface area contributed by atoms with E-state index in [0.717, 1.165) is 5.92 Å². The Morgan fingerprint density at radius 3 is 2.36 bits per heavy atom. The van der Waals surface area contributed by atoms with Gasteiger partial charge in [0.25, 0.3) is 0 Å². The first-order valence-electron chi connectivity index (χ1n) is 4.37. The summed E-state index contributed by atoms with van der Waals surface area (Å²) < 4.78 is 0. The Kier molecular flexibility index (Phi) is 1.89. The van der Waals surface area contributed by atoms with Crippen molar-refractivity contribution in [1.82, 2.24) is 4.98 Å². The van der Waals surface area contributed by atoms with Crippen molar-refractivity contribution in [2.24, 2.45) is 0 Å². The van der Waals surface area contributed by atoms with Crippen LogP contribution in [0.5, 0.6) is 0 Å². The van der Waals surface area contributed by atoms with Crippen LogP contribution in [-0.4, -0.2) is 4.98 Å². The van der Waals surface area contributed by atoms with Crippen LogP contribution in [0.15, 0.2) is 24.5 Å². The molecule has 58 valence electrons. The highest BCUT2D eigenvalue weighted by atomic mass is 14.6. The fourth-order valence-corrected chi connectivity index (χ4v) is 1.89. The molecule has 0 N–H and O–H groups in total. The maximum absolute atomic E-state index is 4.02. The third-order valence-corrected chi connectivity index (χ3v) is 2.53. The zero-order chi connectivity index (χ0) is 7.52. The summed E-state index contributed by atoms with van der Waals surface area (Å²) in [5, 5.41) is 0. The number of hydrogen-bond donors (Lipinski definition) is 0. The predicted molar refractivity (Wildman–Crippen MR) is 45.4 cm³/mol. The van der Waals surface area contributed by atoms with E-state index in [1.165, 1.54) is 31.2 Å². The lowest BCUT2D eigenvalue weighted by Crippen LogP contribution is -1.90. The van der Waals surface area contributed by atoms with Crippen molar-refractivity contribution in [1.29, 1.82) is 0 Å². The number of rotatable bonds is 1. The van der Waals surface area contributed by atoms with Crippen molar-refractivity contribution in [2.45, 2.75) is 31.6 Å². The third kappa shape index (κ3) is 1.42. The summed E-state index contributed by atoms with van der Waals surface area (Å²) in [4.78, 5) is 4.02. The summed E-state index contributed by atoms with van der Waals surface area (Å²) in [7, 11) is 0. The molecule has 1 fully saturated rings. The molecule has 0 radical (unpaired) electrons. The fraction of sp³-hybridized carbons (Fsp3) is 0.500. The van der Waals surface area contributed by atoms with Gasteiger partial charge < -0.3 is 0 Å². The average molecular weight is 147 g/mol. The number of pyridine rings is 1. The molecule has 0 saturated heterocycles. The molecule has 0 amide bonds. The van der Waals surface area contributed by atoms with Crippen molar-refractivity contribution in [2.75, 3.05) is 0 Å². The van der Waals surface area contributed by atoms with Gasteiger partial charge in [0.1, 0.15) is 0 Å². The zero-order valence-corrected chi connectivity index (χ0v) is 6.66. The Morgan fingerprint density at radius 1 is 1.09 bits per heavy atom. The second-order valence-corrected chi connectivity index (χ2v) is 3.26. The predicted octanol–water partition coefficient (Wildman–Crippen LogP) is 2.74. The van der Waals surface area contributed by atoms with E-state index in [4.69, 9.17) is 0 Å². The largest absolute Gasteiger partial charge is 0.265 e. The Balaban J connectivity index is 2.16. The number of aromatic nitrogens is 1. The van der Waals surface area contributed by atoms with Crippen LogP contribution in [0.4, 0.5) is 0 Å².